The molecule has 0 saturated heterocycles. The van der Waals surface area contributed by atoms with Crippen molar-refractivity contribution >= 4 is 62.7 Å². The Morgan fingerprint density at radius 3 is 2.43 bits per heavy atom. The standard InChI is InChI=1S/C2H4I2N2S/c1-7-2(5-3)6-4/h1H3,(H,5,6). The van der Waals surface area contributed by atoms with Crippen LogP contribution in [0.15, 0.2) is 3.21 Å². The van der Waals surface area contributed by atoms with Crippen molar-refractivity contribution in [3.63, 3.8) is 0 Å². The molecule has 0 saturated carbocycles. The summed E-state index contributed by atoms with van der Waals surface area (Å²) in [6, 6.07) is 0. The molecule has 0 bridgehead atoms. The normalized spacial score (nSPS) is 11.6. The summed E-state index contributed by atoms with van der Waals surface area (Å²) >= 11 is 5.59. The molecular formula is C2H4I2N2S. The average molecular weight is 342 g/mol. The molecule has 0 radical (unpaired) electrons. The Morgan fingerprint density at radius 1 is 1.86 bits per heavy atom. The largest absolute Gasteiger partial charge is 0.307 e. The molecule has 0 atom stereocenters. The van der Waals surface area contributed by atoms with E-state index in [1.165, 1.54) is 0 Å². The summed E-state index contributed by atoms with van der Waals surface area (Å²) in [4.78, 5) is 0. The van der Waals surface area contributed by atoms with Crippen molar-refractivity contribution in [1.29, 1.82) is 0 Å². The predicted molar refractivity (Wildman–Crippen MR) is 52.1 cm³/mol. The fourth-order valence-electron chi connectivity index (χ4n) is 0.0891. The van der Waals surface area contributed by atoms with Gasteiger partial charge in [0.1, 0.15) is 0 Å². The van der Waals surface area contributed by atoms with E-state index in [2.05, 4.69) is 6.74 Å². The van der Waals surface area contributed by atoms with Gasteiger partial charge in [-0.25, -0.2) is 0 Å². The van der Waals surface area contributed by atoms with Crippen LogP contribution in [0.2, 0.25) is 0 Å². The number of thioether (sulfide) groups is 1. The summed E-state index contributed by atoms with van der Waals surface area (Å²) in [7, 11) is 0. The number of hydrogen-bond donors (Lipinski definition) is 1. The predicted octanol–water partition coefficient (Wildman–Crippen LogP) is 1.99. The number of nitrogens with one attached hydrogen (secondary N) is 1. The maximum Gasteiger partial charge on any atom is 0.175 e. The minimum atomic E-state index is 0.946. The van der Waals surface area contributed by atoms with Crippen LogP contribution < -0.4 is 3.53 Å². The van der Waals surface area contributed by atoms with E-state index in [1.54, 1.807) is 11.8 Å². The summed E-state index contributed by atoms with van der Waals surface area (Å²) in [5.74, 6) is 0. The van der Waals surface area contributed by atoms with Gasteiger partial charge < -0.3 is 3.53 Å². The Morgan fingerprint density at radius 2 is 2.43 bits per heavy atom. The Hall–Kier alpha value is 1.28. The highest BCUT2D eigenvalue weighted by atomic mass is 127. The van der Waals surface area contributed by atoms with Crippen LogP contribution in [0, 0.1) is 0 Å². The number of hydrogen-bond acceptors (Lipinski definition) is 2. The fraction of sp³-hybridized carbons (Fsp3) is 0.500. The first-order valence-corrected chi connectivity index (χ1v) is 4.71. The second kappa shape index (κ2) is 5.42. The van der Waals surface area contributed by atoms with Crippen LogP contribution in [-0.4, -0.2) is 11.4 Å². The molecule has 0 aliphatic heterocycles. The summed E-state index contributed by atoms with van der Waals surface area (Å²) in [6.07, 6.45) is 1.98. The lowest BCUT2D eigenvalue weighted by Gasteiger charge is -1.91. The maximum atomic E-state index is 3.86. The van der Waals surface area contributed by atoms with Gasteiger partial charge in [-0.15, -0.1) is 0 Å². The first-order chi connectivity index (χ1) is 3.35. The van der Waals surface area contributed by atoms with Gasteiger partial charge in [0.2, 0.25) is 0 Å². The third-order valence-electron chi connectivity index (χ3n) is 0.351. The van der Waals surface area contributed by atoms with Gasteiger partial charge in [0, 0.05) is 0 Å². The lowest BCUT2D eigenvalue weighted by Crippen LogP contribution is -2.03. The maximum absolute atomic E-state index is 3.86. The minimum absolute atomic E-state index is 0.946. The average Bonchev–Trinajstić information content (AvgIpc) is 1.72. The van der Waals surface area contributed by atoms with Crippen LogP contribution >= 0.6 is 57.5 Å². The molecule has 0 aromatic heterocycles. The monoisotopic (exact) mass is 342 g/mol. The summed E-state index contributed by atoms with van der Waals surface area (Å²) < 4.78 is 6.73. The zero-order valence-electron chi connectivity index (χ0n) is 3.61. The van der Waals surface area contributed by atoms with Gasteiger partial charge in [-0.05, 0) is 6.26 Å². The zero-order chi connectivity index (χ0) is 5.70. The molecule has 0 aliphatic rings. The molecule has 0 fully saturated rings. The van der Waals surface area contributed by atoms with E-state index in [1.807, 2.05) is 52.0 Å². The first-order valence-electron chi connectivity index (χ1n) is 1.44. The van der Waals surface area contributed by atoms with Gasteiger partial charge in [-0.1, -0.05) is 11.8 Å². The first kappa shape index (κ1) is 8.28. The van der Waals surface area contributed by atoms with E-state index in [-0.39, 0.29) is 0 Å². The fourth-order valence-corrected chi connectivity index (χ4v) is 2.19. The van der Waals surface area contributed by atoms with E-state index in [4.69, 9.17) is 0 Å². The highest BCUT2D eigenvalue weighted by Gasteiger charge is 1.85. The second-order valence-electron chi connectivity index (χ2n) is 0.688. The van der Waals surface area contributed by atoms with Crippen molar-refractivity contribution in [3.8, 4) is 0 Å². The minimum Gasteiger partial charge on any atom is -0.307 e. The molecule has 0 aliphatic carbocycles. The van der Waals surface area contributed by atoms with Crippen LogP contribution in [0.25, 0.3) is 0 Å². The summed E-state index contributed by atoms with van der Waals surface area (Å²) in [5, 5.41) is 0.946. The van der Waals surface area contributed by atoms with Crippen molar-refractivity contribution in [2.24, 2.45) is 3.21 Å². The van der Waals surface area contributed by atoms with Crippen LogP contribution in [0.3, 0.4) is 0 Å². The molecule has 7 heavy (non-hydrogen) atoms. The van der Waals surface area contributed by atoms with Crippen molar-refractivity contribution in [2.75, 3.05) is 6.26 Å². The number of nitrogens with zero attached hydrogens (tertiary/aromatic N) is 1. The van der Waals surface area contributed by atoms with E-state index < -0.39 is 0 Å². The van der Waals surface area contributed by atoms with E-state index in [0.717, 1.165) is 5.17 Å². The molecule has 0 amide bonds. The molecule has 0 aromatic rings. The van der Waals surface area contributed by atoms with Gasteiger partial charge in [0.25, 0.3) is 0 Å². The molecule has 0 heterocycles. The van der Waals surface area contributed by atoms with Crippen LogP contribution in [0.4, 0.5) is 0 Å². The highest BCUT2D eigenvalue weighted by Crippen LogP contribution is 1.99. The zero-order valence-corrected chi connectivity index (χ0v) is 8.74. The van der Waals surface area contributed by atoms with E-state index in [0.29, 0.717) is 0 Å². The molecular weight excluding hydrogens is 338 g/mol. The quantitative estimate of drug-likeness (QED) is 0.315. The van der Waals surface area contributed by atoms with E-state index in [9.17, 15) is 0 Å². The van der Waals surface area contributed by atoms with Crippen molar-refractivity contribution in [3.05, 3.63) is 0 Å². The van der Waals surface area contributed by atoms with Gasteiger partial charge in [-0.3, -0.25) is 0 Å². The second-order valence-corrected chi connectivity index (χ2v) is 2.51. The third kappa shape index (κ3) is 3.83. The van der Waals surface area contributed by atoms with Gasteiger partial charge in [0.05, 0.1) is 45.7 Å². The molecule has 42 valence electrons. The van der Waals surface area contributed by atoms with Crippen LogP contribution in [0.5, 0.6) is 0 Å². The molecule has 0 unspecified atom stereocenters. The number of amidine groups is 1. The lowest BCUT2D eigenvalue weighted by molar-refractivity contribution is 1.67. The SMILES string of the molecule is CSC(=NI)NI. The molecule has 1 N–H and O–H groups in total. The number of halogens is 2. The van der Waals surface area contributed by atoms with E-state index >= 15 is 0 Å². The number of rotatable bonds is 0. The van der Waals surface area contributed by atoms with Gasteiger partial charge in [-0.2, -0.15) is 3.21 Å². The molecule has 0 rings (SSSR count). The Labute approximate surface area is 74.9 Å². The molecule has 0 spiro atoms. The van der Waals surface area contributed by atoms with Crippen molar-refractivity contribution < 1.29 is 0 Å². The highest BCUT2D eigenvalue weighted by molar-refractivity contribution is 14.1. The Kier molecular flexibility index (Phi) is 6.41. The third-order valence-corrected chi connectivity index (χ3v) is 2.62. The van der Waals surface area contributed by atoms with Crippen LogP contribution in [0.1, 0.15) is 0 Å². The molecule has 5 heteroatoms. The molecule has 0 aromatic carbocycles. The lowest BCUT2D eigenvalue weighted by atomic mass is 11.4. The van der Waals surface area contributed by atoms with Crippen molar-refractivity contribution in [1.82, 2.24) is 3.53 Å². The summed E-state index contributed by atoms with van der Waals surface area (Å²) in [6.45, 7) is 0. The Bertz CT molecular complexity index is 68.1. The van der Waals surface area contributed by atoms with Crippen LogP contribution in [-0.2, 0) is 0 Å². The van der Waals surface area contributed by atoms with Gasteiger partial charge >= 0.3 is 0 Å². The van der Waals surface area contributed by atoms with Gasteiger partial charge in [0.15, 0.2) is 5.17 Å². The van der Waals surface area contributed by atoms with Crippen molar-refractivity contribution in [2.45, 2.75) is 0 Å². The Balaban J connectivity index is 3.38. The molecule has 2 nitrogen and oxygen atoms in total. The smallest absolute Gasteiger partial charge is 0.175 e. The summed E-state index contributed by atoms with van der Waals surface area (Å²) in [5.41, 5.74) is 0. The topological polar surface area (TPSA) is 24.4 Å².